The minimum atomic E-state index is 0.191. The molecule has 0 atom stereocenters. The van der Waals surface area contributed by atoms with Crippen LogP contribution in [0.5, 0.6) is 0 Å². The molecule has 0 heterocycles. The van der Waals surface area contributed by atoms with Gasteiger partial charge in [-0.1, -0.05) is 30.4 Å². The number of rotatable bonds is 3. The van der Waals surface area contributed by atoms with Crippen LogP contribution in [-0.4, -0.2) is 4.75 Å². The third-order valence-corrected chi connectivity index (χ3v) is 2.86. The van der Waals surface area contributed by atoms with Crippen LogP contribution in [0.4, 0.5) is 0 Å². The molecule has 0 spiro atoms. The number of allylic oxidation sites excluding steroid dienone is 1. The molecule has 1 heteroatoms. The summed E-state index contributed by atoms with van der Waals surface area (Å²) in [5, 5.41) is 0. The summed E-state index contributed by atoms with van der Waals surface area (Å²) in [7, 11) is 0. The number of benzene rings is 1. The fourth-order valence-electron chi connectivity index (χ4n) is 1.23. The molecule has 1 aromatic rings. The highest BCUT2D eigenvalue weighted by Gasteiger charge is 2.14. The summed E-state index contributed by atoms with van der Waals surface area (Å²) in [5.41, 5.74) is 0. The summed E-state index contributed by atoms with van der Waals surface area (Å²) in [6, 6.07) is 10.5. The minimum absolute atomic E-state index is 0.191. The third kappa shape index (κ3) is 3.69. The maximum Gasteiger partial charge on any atom is 0.0329 e. The highest BCUT2D eigenvalue weighted by Crippen LogP contribution is 2.32. The zero-order valence-corrected chi connectivity index (χ0v) is 9.27. The van der Waals surface area contributed by atoms with Crippen LogP contribution in [-0.2, 0) is 0 Å². The fourth-order valence-corrected chi connectivity index (χ4v) is 2.33. The molecule has 0 amide bonds. The van der Waals surface area contributed by atoms with Crippen molar-refractivity contribution in [2.24, 2.45) is 0 Å². The van der Waals surface area contributed by atoms with Crippen molar-refractivity contribution in [1.29, 1.82) is 0 Å². The lowest BCUT2D eigenvalue weighted by molar-refractivity contribution is 0.895. The van der Waals surface area contributed by atoms with Gasteiger partial charge in [-0.25, -0.2) is 0 Å². The molecule has 0 aromatic heterocycles. The summed E-state index contributed by atoms with van der Waals surface area (Å²) in [6.45, 7) is 6.52. The van der Waals surface area contributed by atoms with Gasteiger partial charge in [0.1, 0.15) is 0 Å². The van der Waals surface area contributed by atoms with Crippen LogP contribution in [0.2, 0.25) is 0 Å². The van der Waals surface area contributed by atoms with E-state index in [2.05, 4.69) is 57.2 Å². The van der Waals surface area contributed by atoms with E-state index in [0.717, 1.165) is 0 Å². The Bertz CT molecular complexity index is 272. The Morgan fingerprint density at radius 1 is 1.15 bits per heavy atom. The number of thioether (sulfide) groups is 1. The van der Waals surface area contributed by atoms with Gasteiger partial charge in [-0.2, -0.15) is 0 Å². The van der Waals surface area contributed by atoms with Gasteiger partial charge in [-0.05, 0) is 32.9 Å². The van der Waals surface area contributed by atoms with Crippen LogP contribution in [0.15, 0.2) is 47.4 Å². The first kappa shape index (κ1) is 10.4. The van der Waals surface area contributed by atoms with E-state index in [1.165, 1.54) is 4.90 Å². The second-order valence-electron chi connectivity index (χ2n) is 3.52. The molecule has 0 saturated carbocycles. The number of hydrogen-bond donors (Lipinski definition) is 0. The molecule has 0 aliphatic carbocycles. The van der Waals surface area contributed by atoms with E-state index in [4.69, 9.17) is 0 Å². The van der Waals surface area contributed by atoms with Crippen LogP contribution in [0.25, 0.3) is 0 Å². The molecule has 1 aromatic carbocycles. The first-order valence-electron chi connectivity index (χ1n) is 4.52. The largest absolute Gasteiger partial charge is 0.116 e. The van der Waals surface area contributed by atoms with E-state index in [-0.39, 0.29) is 4.75 Å². The lowest BCUT2D eigenvalue weighted by Crippen LogP contribution is -2.09. The van der Waals surface area contributed by atoms with Gasteiger partial charge < -0.3 is 0 Å². The molecule has 0 saturated heterocycles. The average molecular weight is 192 g/mol. The van der Waals surface area contributed by atoms with Crippen molar-refractivity contribution < 1.29 is 0 Å². The smallest absolute Gasteiger partial charge is 0.0329 e. The van der Waals surface area contributed by atoms with Gasteiger partial charge in [0.25, 0.3) is 0 Å². The highest BCUT2D eigenvalue weighted by molar-refractivity contribution is 8.00. The molecular weight excluding hydrogens is 176 g/mol. The Kier molecular flexibility index (Phi) is 3.61. The van der Waals surface area contributed by atoms with Crippen molar-refractivity contribution in [1.82, 2.24) is 0 Å². The first-order chi connectivity index (χ1) is 6.14. The predicted octanol–water partition coefficient (Wildman–Crippen LogP) is 4.13. The van der Waals surface area contributed by atoms with Crippen LogP contribution in [0, 0.1) is 0 Å². The van der Waals surface area contributed by atoms with Crippen LogP contribution < -0.4 is 0 Å². The van der Waals surface area contributed by atoms with Gasteiger partial charge in [0.05, 0.1) is 0 Å². The molecule has 0 unspecified atom stereocenters. The Morgan fingerprint density at radius 3 is 2.31 bits per heavy atom. The Labute approximate surface area is 85.1 Å². The van der Waals surface area contributed by atoms with E-state index >= 15 is 0 Å². The lowest BCUT2D eigenvalue weighted by Gasteiger charge is -2.19. The van der Waals surface area contributed by atoms with E-state index in [1.54, 1.807) is 0 Å². The molecule has 0 bridgehead atoms. The molecular formula is C12H16S. The fraction of sp³-hybridized carbons (Fsp3) is 0.333. The topological polar surface area (TPSA) is 0 Å². The Morgan fingerprint density at radius 2 is 1.77 bits per heavy atom. The normalized spacial score (nSPS) is 12.2. The molecule has 0 aliphatic rings. The molecule has 1 rings (SSSR count). The Hall–Kier alpha value is -0.690. The second kappa shape index (κ2) is 4.52. The standard InChI is InChI=1S/C12H16S/c1-4-10-12(2,3)13-11-8-6-5-7-9-11/h4-10H,1-3H3/b10-4+. The van der Waals surface area contributed by atoms with Gasteiger partial charge in [-0.15, -0.1) is 11.8 Å². The van der Waals surface area contributed by atoms with E-state index in [1.807, 2.05) is 17.8 Å². The van der Waals surface area contributed by atoms with E-state index in [9.17, 15) is 0 Å². The van der Waals surface area contributed by atoms with Crippen molar-refractivity contribution in [2.45, 2.75) is 30.4 Å². The lowest BCUT2D eigenvalue weighted by atomic mass is 10.2. The summed E-state index contributed by atoms with van der Waals surface area (Å²) in [4.78, 5) is 1.32. The maximum atomic E-state index is 2.23. The zero-order valence-electron chi connectivity index (χ0n) is 8.45. The predicted molar refractivity (Wildman–Crippen MR) is 61.2 cm³/mol. The molecule has 70 valence electrons. The van der Waals surface area contributed by atoms with Gasteiger partial charge >= 0.3 is 0 Å². The Balaban J connectivity index is 2.69. The van der Waals surface area contributed by atoms with Crippen molar-refractivity contribution in [3.05, 3.63) is 42.5 Å². The van der Waals surface area contributed by atoms with Crippen LogP contribution in [0.3, 0.4) is 0 Å². The van der Waals surface area contributed by atoms with Gasteiger partial charge in [0.15, 0.2) is 0 Å². The van der Waals surface area contributed by atoms with Gasteiger partial charge in [0, 0.05) is 9.64 Å². The van der Waals surface area contributed by atoms with E-state index < -0.39 is 0 Å². The average Bonchev–Trinajstić information content (AvgIpc) is 2.04. The second-order valence-corrected chi connectivity index (χ2v) is 5.25. The highest BCUT2D eigenvalue weighted by atomic mass is 32.2. The molecule has 0 fully saturated rings. The summed E-state index contributed by atoms with van der Waals surface area (Å²) in [6.07, 6.45) is 4.33. The minimum Gasteiger partial charge on any atom is -0.116 e. The summed E-state index contributed by atoms with van der Waals surface area (Å²) in [5.74, 6) is 0. The summed E-state index contributed by atoms with van der Waals surface area (Å²) >= 11 is 1.88. The number of hydrogen-bond acceptors (Lipinski definition) is 1. The third-order valence-electron chi connectivity index (χ3n) is 1.69. The molecule has 0 radical (unpaired) electrons. The van der Waals surface area contributed by atoms with Crippen molar-refractivity contribution in [3.8, 4) is 0 Å². The monoisotopic (exact) mass is 192 g/mol. The van der Waals surface area contributed by atoms with Crippen molar-refractivity contribution in [3.63, 3.8) is 0 Å². The zero-order chi connectivity index (χ0) is 9.73. The van der Waals surface area contributed by atoms with Crippen molar-refractivity contribution in [2.75, 3.05) is 0 Å². The van der Waals surface area contributed by atoms with Crippen molar-refractivity contribution >= 4 is 11.8 Å². The van der Waals surface area contributed by atoms with Crippen LogP contribution in [0.1, 0.15) is 20.8 Å². The quantitative estimate of drug-likeness (QED) is 0.512. The molecule has 0 nitrogen and oxygen atoms in total. The first-order valence-corrected chi connectivity index (χ1v) is 5.33. The molecule has 13 heavy (non-hydrogen) atoms. The van der Waals surface area contributed by atoms with Gasteiger partial charge in [0.2, 0.25) is 0 Å². The SMILES string of the molecule is C/C=C/C(C)(C)Sc1ccccc1. The van der Waals surface area contributed by atoms with Gasteiger partial charge in [-0.3, -0.25) is 0 Å². The van der Waals surface area contributed by atoms with Crippen LogP contribution >= 0.6 is 11.8 Å². The van der Waals surface area contributed by atoms with E-state index in [0.29, 0.717) is 0 Å². The molecule has 0 N–H and O–H groups in total. The summed E-state index contributed by atoms with van der Waals surface area (Å²) < 4.78 is 0.191. The molecule has 0 aliphatic heterocycles. The maximum absolute atomic E-state index is 2.23.